The predicted octanol–water partition coefficient (Wildman–Crippen LogP) is 5.17. The maximum atomic E-state index is 13.5. The summed E-state index contributed by atoms with van der Waals surface area (Å²) in [5.74, 6) is -1.46. The van der Waals surface area contributed by atoms with Crippen molar-refractivity contribution in [3.63, 3.8) is 0 Å². The minimum absolute atomic E-state index is 0.0209. The topological polar surface area (TPSA) is 58.6 Å². The van der Waals surface area contributed by atoms with E-state index in [9.17, 15) is 30.4 Å². The summed E-state index contributed by atoms with van der Waals surface area (Å²) in [6, 6.07) is 15.1. The van der Waals surface area contributed by atoms with Crippen LogP contribution in [0.3, 0.4) is 0 Å². The number of morpholine rings is 1. The number of rotatable bonds is 6. The summed E-state index contributed by atoms with van der Waals surface area (Å²) in [5.41, 5.74) is 0.0583. The molecule has 1 aliphatic heterocycles. The van der Waals surface area contributed by atoms with E-state index in [-0.39, 0.29) is 25.4 Å². The molecule has 3 aromatic carbocycles. The predicted molar refractivity (Wildman–Crippen MR) is 120 cm³/mol. The van der Waals surface area contributed by atoms with E-state index in [0.717, 1.165) is 22.5 Å². The van der Waals surface area contributed by atoms with Gasteiger partial charge in [-0.25, -0.2) is 8.78 Å². The van der Waals surface area contributed by atoms with Crippen LogP contribution in [-0.4, -0.2) is 38.5 Å². The molecule has 5 nitrogen and oxygen atoms in total. The van der Waals surface area contributed by atoms with Gasteiger partial charge in [0, 0.05) is 19.0 Å². The number of halogens is 5. The van der Waals surface area contributed by atoms with Gasteiger partial charge in [-0.15, -0.1) is 0 Å². The van der Waals surface area contributed by atoms with E-state index in [1.165, 1.54) is 30.3 Å². The molecule has 0 bridgehead atoms. The molecular formula is C24H21F5N2O3S. The molecule has 0 radical (unpaired) electrons. The first-order valence-electron chi connectivity index (χ1n) is 10.6. The molecule has 1 N–H and O–H groups in total. The standard InChI is InChI=1S/C24H21F5N2O3S/c25-19-8-4-16(5-9-19)23(17-6-10-20(26)11-7-17)22-15-31(12-13-34-22)35(32,33)30-21-3-1-2-18(14-21)24(27,28)29/h1-11,14,22-23,30H,12-13,15H2. The second-order valence-corrected chi connectivity index (χ2v) is 9.70. The number of benzene rings is 3. The lowest BCUT2D eigenvalue weighted by Gasteiger charge is -2.37. The number of anilines is 1. The summed E-state index contributed by atoms with van der Waals surface area (Å²) in [7, 11) is -4.23. The van der Waals surface area contributed by atoms with E-state index in [1.807, 2.05) is 0 Å². The molecule has 1 atom stereocenters. The number of alkyl halides is 3. The van der Waals surface area contributed by atoms with Crippen molar-refractivity contribution in [3.8, 4) is 0 Å². The summed E-state index contributed by atoms with van der Waals surface area (Å²) in [6.07, 6.45) is -5.35. The largest absolute Gasteiger partial charge is 0.416 e. The molecule has 4 rings (SSSR count). The van der Waals surface area contributed by atoms with Crippen molar-refractivity contribution >= 4 is 15.9 Å². The van der Waals surface area contributed by atoms with Gasteiger partial charge in [0.1, 0.15) is 11.6 Å². The SMILES string of the molecule is O=S(=O)(Nc1cccc(C(F)(F)F)c1)N1CCOC(C(c2ccc(F)cc2)c2ccc(F)cc2)C1. The highest BCUT2D eigenvalue weighted by Crippen LogP contribution is 2.34. The van der Waals surface area contributed by atoms with Gasteiger partial charge >= 0.3 is 16.4 Å². The van der Waals surface area contributed by atoms with Gasteiger partial charge in [0.05, 0.1) is 24.0 Å². The van der Waals surface area contributed by atoms with Crippen LogP contribution in [0.25, 0.3) is 0 Å². The molecule has 0 aliphatic carbocycles. The summed E-state index contributed by atoms with van der Waals surface area (Å²) < 4.78 is 101. The van der Waals surface area contributed by atoms with Gasteiger partial charge in [0.15, 0.2) is 0 Å². The van der Waals surface area contributed by atoms with Gasteiger partial charge in [-0.3, -0.25) is 4.72 Å². The van der Waals surface area contributed by atoms with Crippen LogP contribution < -0.4 is 4.72 Å². The number of hydrogen-bond donors (Lipinski definition) is 1. The Morgan fingerprint density at radius 3 is 2.03 bits per heavy atom. The van der Waals surface area contributed by atoms with Gasteiger partial charge in [0.25, 0.3) is 0 Å². The van der Waals surface area contributed by atoms with E-state index in [1.54, 1.807) is 24.3 Å². The van der Waals surface area contributed by atoms with E-state index in [0.29, 0.717) is 11.1 Å². The zero-order chi connectivity index (χ0) is 25.2. The minimum atomic E-state index is -4.62. The highest BCUT2D eigenvalue weighted by Gasteiger charge is 2.36. The average Bonchev–Trinajstić information content (AvgIpc) is 2.81. The zero-order valence-electron chi connectivity index (χ0n) is 18.2. The third kappa shape index (κ3) is 5.98. The van der Waals surface area contributed by atoms with E-state index >= 15 is 0 Å². The van der Waals surface area contributed by atoms with Gasteiger partial charge in [0.2, 0.25) is 0 Å². The summed E-state index contributed by atoms with van der Waals surface area (Å²) in [6.45, 7) is -0.134. The van der Waals surface area contributed by atoms with Crippen LogP contribution in [-0.2, 0) is 21.1 Å². The lowest BCUT2D eigenvalue weighted by atomic mass is 9.86. The number of hydrogen-bond acceptors (Lipinski definition) is 3. The average molecular weight is 513 g/mol. The van der Waals surface area contributed by atoms with Crippen molar-refractivity contribution < 1.29 is 35.1 Å². The monoisotopic (exact) mass is 512 g/mol. The second kappa shape index (κ2) is 9.92. The van der Waals surface area contributed by atoms with Crippen molar-refractivity contribution in [2.45, 2.75) is 18.2 Å². The maximum absolute atomic E-state index is 13.5. The van der Waals surface area contributed by atoms with Gasteiger partial charge in [-0.05, 0) is 53.6 Å². The van der Waals surface area contributed by atoms with E-state index in [2.05, 4.69) is 4.72 Å². The maximum Gasteiger partial charge on any atom is 0.416 e. The Morgan fingerprint density at radius 1 is 0.914 bits per heavy atom. The molecule has 1 unspecified atom stereocenters. The highest BCUT2D eigenvalue weighted by molar-refractivity contribution is 7.90. The second-order valence-electron chi connectivity index (χ2n) is 8.03. The van der Waals surface area contributed by atoms with Crippen LogP contribution in [0.15, 0.2) is 72.8 Å². The Labute approximate surface area is 199 Å². The van der Waals surface area contributed by atoms with Crippen LogP contribution in [0.2, 0.25) is 0 Å². The summed E-state index contributed by atoms with van der Waals surface area (Å²) in [5, 5.41) is 0. The first-order valence-corrected chi connectivity index (χ1v) is 12.0. The minimum Gasteiger partial charge on any atom is -0.374 e. The molecule has 0 aromatic heterocycles. The fourth-order valence-electron chi connectivity index (χ4n) is 4.01. The van der Waals surface area contributed by atoms with Crippen LogP contribution in [0.5, 0.6) is 0 Å². The molecule has 0 saturated carbocycles. The van der Waals surface area contributed by atoms with Crippen LogP contribution in [0, 0.1) is 11.6 Å². The number of nitrogens with zero attached hydrogens (tertiary/aromatic N) is 1. The molecule has 11 heteroatoms. The van der Waals surface area contributed by atoms with Gasteiger partial charge in [-0.1, -0.05) is 30.3 Å². The van der Waals surface area contributed by atoms with Crippen molar-refractivity contribution in [2.75, 3.05) is 24.4 Å². The molecule has 1 saturated heterocycles. The molecule has 0 amide bonds. The van der Waals surface area contributed by atoms with Crippen LogP contribution >= 0.6 is 0 Å². The van der Waals surface area contributed by atoms with Crippen LogP contribution in [0.4, 0.5) is 27.6 Å². The van der Waals surface area contributed by atoms with Crippen LogP contribution in [0.1, 0.15) is 22.6 Å². The lowest BCUT2D eigenvalue weighted by Crippen LogP contribution is -2.49. The van der Waals surface area contributed by atoms with Crippen molar-refractivity contribution in [1.29, 1.82) is 0 Å². The lowest BCUT2D eigenvalue weighted by molar-refractivity contribution is -0.137. The van der Waals surface area contributed by atoms with Crippen molar-refractivity contribution in [3.05, 3.63) is 101 Å². The first kappa shape index (κ1) is 25.1. The molecule has 35 heavy (non-hydrogen) atoms. The Morgan fingerprint density at radius 2 is 1.49 bits per heavy atom. The van der Waals surface area contributed by atoms with Gasteiger partial charge in [-0.2, -0.15) is 25.9 Å². The zero-order valence-corrected chi connectivity index (χ0v) is 19.0. The number of nitrogens with one attached hydrogen (secondary N) is 1. The van der Waals surface area contributed by atoms with Gasteiger partial charge < -0.3 is 4.74 Å². The van der Waals surface area contributed by atoms with E-state index in [4.69, 9.17) is 4.74 Å². The molecule has 1 aliphatic rings. The molecule has 1 heterocycles. The molecule has 1 fully saturated rings. The Kier molecular flexibility index (Phi) is 7.11. The Balaban J connectivity index is 1.60. The normalized spacial score (nSPS) is 17.5. The fourth-order valence-corrected chi connectivity index (χ4v) is 5.22. The summed E-state index contributed by atoms with van der Waals surface area (Å²) in [4.78, 5) is 0. The Bertz CT molecular complexity index is 1220. The fraction of sp³-hybridized carbons (Fsp3) is 0.250. The van der Waals surface area contributed by atoms with E-state index < -0.39 is 45.6 Å². The quantitative estimate of drug-likeness (QED) is 0.464. The Hall–Kier alpha value is -3.02. The smallest absolute Gasteiger partial charge is 0.374 e. The third-order valence-corrected chi connectivity index (χ3v) is 7.17. The van der Waals surface area contributed by atoms with Crippen molar-refractivity contribution in [1.82, 2.24) is 4.31 Å². The molecule has 0 spiro atoms. The van der Waals surface area contributed by atoms with Crippen molar-refractivity contribution in [2.24, 2.45) is 0 Å². The third-order valence-electron chi connectivity index (χ3n) is 5.66. The highest BCUT2D eigenvalue weighted by atomic mass is 32.2. The summed E-state index contributed by atoms with van der Waals surface area (Å²) >= 11 is 0. The molecule has 186 valence electrons. The first-order chi connectivity index (χ1) is 16.5. The molecular weight excluding hydrogens is 491 g/mol. The molecule has 3 aromatic rings. The number of ether oxygens (including phenoxy) is 1.